The third-order valence-electron chi connectivity index (χ3n) is 6.33. The number of hydrogen-bond donors (Lipinski definition) is 2. The van der Waals surface area contributed by atoms with Gasteiger partial charge in [-0.2, -0.15) is 0 Å². The summed E-state index contributed by atoms with van der Waals surface area (Å²) in [5.74, 6) is -0.309. The van der Waals surface area contributed by atoms with Gasteiger partial charge in [0.25, 0.3) is 6.02 Å². The first-order valence-electron chi connectivity index (χ1n) is 12.7. The lowest BCUT2D eigenvalue weighted by atomic mass is 10.0. The fraction of sp³-hybridized carbons (Fsp3) is 0.333. The molecule has 3 aromatic rings. The van der Waals surface area contributed by atoms with Crippen molar-refractivity contribution in [3.8, 4) is 0 Å². The molecule has 7 nitrogen and oxygen atoms in total. The average molecular weight is 500 g/mol. The molecule has 0 amide bonds. The van der Waals surface area contributed by atoms with Crippen molar-refractivity contribution in [1.82, 2.24) is 0 Å². The smallest absolute Gasteiger partial charge is 0.338 e. The van der Waals surface area contributed by atoms with Crippen LogP contribution in [0, 0.1) is 0 Å². The number of carbonyl (C=O) groups excluding carboxylic acids is 1. The Morgan fingerprint density at radius 3 is 2.59 bits per heavy atom. The number of rotatable bonds is 7. The average Bonchev–Trinajstić information content (AvgIpc) is 3.26. The highest BCUT2D eigenvalue weighted by molar-refractivity contribution is 5.92. The number of nitrogens with one attached hydrogen (secondary N) is 2. The monoisotopic (exact) mass is 499 g/mol. The molecule has 7 heteroatoms. The number of esters is 1. The molecule has 1 aliphatic heterocycles. The number of carbonyl (C=O) groups is 1. The Morgan fingerprint density at radius 2 is 1.84 bits per heavy atom. The summed E-state index contributed by atoms with van der Waals surface area (Å²) in [5, 5.41) is 6.93. The second kappa shape index (κ2) is 10.6. The predicted molar refractivity (Wildman–Crippen MR) is 145 cm³/mol. The van der Waals surface area contributed by atoms with Crippen LogP contribution >= 0.6 is 0 Å². The van der Waals surface area contributed by atoms with Crippen LogP contribution in [0.4, 0.5) is 11.4 Å². The number of aryl methyl sites for hydroxylation is 1. The number of nitrogens with zero attached hydrogens (tertiary/aromatic N) is 1. The van der Waals surface area contributed by atoms with Crippen LogP contribution in [-0.4, -0.2) is 24.4 Å². The number of ether oxygens (including phenoxy) is 3. The first-order valence-corrected chi connectivity index (χ1v) is 12.7. The van der Waals surface area contributed by atoms with E-state index >= 15 is 0 Å². The van der Waals surface area contributed by atoms with E-state index in [4.69, 9.17) is 14.2 Å². The lowest BCUT2D eigenvalue weighted by molar-refractivity contribution is -0.00280. The van der Waals surface area contributed by atoms with Gasteiger partial charge in [-0.15, -0.1) is 0 Å². The van der Waals surface area contributed by atoms with Crippen molar-refractivity contribution in [3.63, 3.8) is 0 Å². The van der Waals surface area contributed by atoms with Gasteiger partial charge >= 0.3 is 5.97 Å². The molecule has 0 bridgehead atoms. The molecule has 2 N–H and O–H groups in total. The van der Waals surface area contributed by atoms with Crippen LogP contribution in [0.25, 0.3) is 0 Å². The molecular formula is C30H33N3O4. The normalized spacial score (nSPS) is 16.2. The zero-order valence-corrected chi connectivity index (χ0v) is 21.5. The number of anilines is 2. The van der Waals surface area contributed by atoms with E-state index in [2.05, 4.69) is 27.8 Å². The molecule has 2 aliphatic rings. The summed E-state index contributed by atoms with van der Waals surface area (Å²) in [5.41, 5.74) is 6.91. The highest BCUT2D eigenvalue weighted by Crippen LogP contribution is 2.38. The van der Waals surface area contributed by atoms with E-state index in [1.165, 1.54) is 11.1 Å². The van der Waals surface area contributed by atoms with Gasteiger partial charge < -0.3 is 24.8 Å². The van der Waals surface area contributed by atoms with Crippen LogP contribution < -0.4 is 10.6 Å². The highest BCUT2D eigenvalue weighted by Gasteiger charge is 2.26. The van der Waals surface area contributed by atoms with Gasteiger partial charge in [-0.25, -0.2) is 9.79 Å². The molecular weight excluding hydrogens is 466 g/mol. The SMILES string of the molecule is CC(C)(C)OC(=O)c1ccc(NC2CCc3cc4c(cc32)CN=C(OCOCc2ccccc2)N4)cc1. The van der Waals surface area contributed by atoms with Gasteiger partial charge in [0.2, 0.25) is 0 Å². The Balaban J connectivity index is 1.17. The van der Waals surface area contributed by atoms with E-state index < -0.39 is 5.60 Å². The Morgan fingerprint density at radius 1 is 1.05 bits per heavy atom. The van der Waals surface area contributed by atoms with Gasteiger partial charge in [0.15, 0.2) is 6.79 Å². The van der Waals surface area contributed by atoms with Crippen LogP contribution in [0.5, 0.6) is 0 Å². The van der Waals surface area contributed by atoms with Crippen molar-refractivity contribution in [2.75, 3.05) is 17.4 Å². The fourth-order valence-electron chi connectivity index (χ4n) is 4.57. The molecule has 0 radical (unpaired) electrons. The summed E-state index contributed by atoms with van der Waals surface area (Å²) in [7, 11) is 0. The molecule has 1 atom stereocenters. The maximum atomic E-state index is 12.3. The molecule has 1 unspecified atom stereocenters. The highest BCUT2D eigenvalue weighted by atomic mass is 16.7. The van der Waals surface area contributed by atoms with Crippen LogP contribution in [0.3, 0.4) is 0 Å². The van der Waals surface area contributed by atoms with Crippen molar-refractivity contribution in [1.29, 1.82) is 0 Å². The molecule has 0 fully saturated rings. The lowest BCUT2D eigenvalue weighted by Gasteiger charge is -2.22. The standard InChI is InChI=1S/C30H33N3O4/c1-30(2,3)37-28(34)21-9-12-24(13-10-21)32-26-14-11-22-16-27-23(15-25(22)26)17-31-29(33-27)36-19-35-18-20-7-5-4-6-8-20/h4-10,12-13,15-16,26,32H,11,14,17-19H2,1-3H3,(H,31,33). The topological polar surface area (TPSA) is 81.2 Å². The van der Waals surface area contributed by atoms with Crippen LogP contribution in [-0.2, 0) is 33.8 Å². The molecule has 0 spiro atoms. The molecule has 192 valence electrons. The van der Waals surface area contributed by atoms with Crippen molar-refractivity contribution >= 4 is 23.4 Å². The minimum atomic E-state index is -0.511. The Hall–Kier alpha value is -3.84. The zero-order valence-electron chi connectivity index (χ0n) is 21.5. The number of amidine groups is 1. The summed E-state index contributed by atoms with van der Waals surface area (Å²) in [6, 6.07) is 22.6. The number of benzene rings is 3. The summed E-state index contributed by atoms with van der Waals surface area (Å²) in [4.78, 5) is 16.8. The fourth-order valence-corrected chi connectivity index (χ4v) is 4.57. The van der Waals surface area contributed by atoms with E-state index in [-0.39, 0.29) is 18.8 Å². The maximum absolute atomic E-state index is 12.3. The van der Waals surface area contributed by atoms with E-state index in [1.807, 2.05) is 75.4 Å². The van der Waals surface area contributed by atoms with Crippen LogP contribution in [0.1, 0.15) is 65.8 Å². The van der Waals surface area contributed by atoms with Gasteiger partial charge in [0, 0.05) is 11.4 Å². The zero-order chi connectivity index (χ0) is 25.8. The van der Waals surface area contributed by atoms with Gasteiger partial charge in [-0.3, -0.25) is 0 Å². The lowest BCUT2D eigenvalue weighted by Crippen LogP contribution is -2.23. The molecule has 0 saturated heterocycles. The summed E-state index contributed by atoms with van der Waals surface area (Å²) in [6.45, 7) is 6.80. The van der Waals surface area contributed by atoms with Crippen LogP contribution in [0.2, 0.25) is 0 Å². The Kier molecular flexibility index (Phi) is 7.15. The second-order valence-corrected chi connectivity index (χ2v) is 10.4. The number of aliphatic imine (C=N–C) groups is 1. The molecule has 5 rings (SSSR count). The van der Waals surface area contributed by atoms with Gasteiger partial charge in [0.05, 0.1) is 24.8 Å². The van der Waals surface area contributed by atoms with Crippen molar-refractivity contribution in [2.24, 2.45) is 4.99 Å². The maximum Gasteiger partial charge on any atom is 0.338 e. The molecule has 0 saturated carbocycles. The largest absolute Gasteiger partial charge is 0.456 e. The minimum absolute atomic E-state index is 0.139. The quantitative estimate of drug-likeness (QED) is 0.228. The van der Waals surface area contributed by atoms with E-state index in [0.29, 0.717) is 24.7 Å². The van der Waals surface area contributed by atoms with Gasteiger partial charge in [0.1, 0.15) is 5.60 Å². The van der Waals surface area contributed by atoms with E-state index in [0.717, 1.165) is 35.3 Å². The first kappa shape index (κ1) is 24.8. The van der Waals surface area contributed by atoms with Crippen LogP contribution in [0.15, 0.2) is 71.7 Å². The first-order chi connectivity index (χ1) is 17.8. The molecule has 0 aromatic heterocycles. The summed E-state index contributed by atoms with van der Waals surface area (Å²) >= 11 is 0. The predicted octanol–water partition coefficient (Wildman–Crippen LogP) is 6.21. The molecule has 37 heavy (non-hydrogen) atoms. The molecule has 3 aromatic carbocycles. The van der Waals surface area contributed by atoms with Crippen molar-refractivity contribution in [3.05, 3.63) is 94.5 Å². The second-order valence-electron chi connectivity index (χ2n) is 10.4. The minimum Gasteiger partial charge on any atom is -0.456 e. The molecule has 1 aliphatic carbocycles. The molecule has 1 heterocycles. The summed E-state index contributed by atoms with van der Waals surface area (Å²) < 4.78 is 16.8. The Labute approximate surface area is 217 Å². The summed E-state index contributed by atoms with van der Waals surface area (Å²) in [6.07, 6.45) is 2.00. The number of fused-ring (bicyclic) bond motifs is 2. The number of hydrogen-bond acceptors (Lipinski definition) is 7. The van der Waals surface area contributed by atoms with E-state index in [9.17, 15) is 4.79 Å². The van der Waals surface area contributed by atoms with Crippen molar-refractivity contribution < 1.29 is 19.0 Å². The third-order valence-corrected chi connectivity index (χ3v) is 6.33. The van der Waals surface area contributed by atoms with Crippen molar-refractivity contribution in [2.45, 2.75) is 58.4 Å². The third kappa shape index (κ3) is 6.30. The Bertz CT molecular complexity index is 1280. The van der Waals surface area contributed by atoms with Gasteiger partial charge in [-0.1, -0.05) is 30.3 Å². The van der Waals surface area contributed by atoms with Gasteiger partial charge in [-0.05, 0) is 92.3 Å². The van der Waals surface area contributed by atoms with E-state index in [1.54, 1.807) is 0 Å².